The normalized spacial score (nSPS) is 16.1. The summed E-state index contributed by atoms with van der Waals surface area (Å²) in [6.07, 6.45) is 2.40. The van der Waals surface area contributed by atoms with Crippen LogP contribution in [-0.4, -0.2) is 15.7 Å². The molecule has 1 aromatic heterocycles. The maximum absolute atomic E-state index is 12.6. The van der Waals surface area contributed by atoms with Crippen molar-refractivity contribution in [2.75, 3.05) is 0 Å². The summed E-state index contributed by atoms with van der Waals surface area (Å²) in [5.74, 6) is 0.473. The Morgan fingerprint density at radius 3 is 2.65 bits per heavy atom. The number of nitrogens with zero attached hydrogens (tertiary/aromatic N) is 2. The molecule has 0 atom stereocenters. The van der Waals surface area contributed by atoms with E-state index in [9.17, 15) is 4.79 Å². The second-order valence-electron chi connectivity index (χ2n) is 8.20. The molecule has 2 aliphatic rings. The molecule has 1 aliphatic heterocycles. The smallest absolute Gasteiger partial charge is 0.272 e. The molecule has 1 fully saturated rings. The SMILES string of the molecule is CC(C)(C)n1nc(C(=O)NCc2ccc3c(c2)CNC3)cc1C1CC1.Cl. The first kappa shape index (κ1) is 18.9. The highest BCUT2D eigenvalue weighted by molar-refractivity contribution is 5.92. The number of carbonyl (C=O) groups excluding carboxylic acids is 1. The van der Waals surface area contributed by atoms with Crippen molar-refractivity contribution in [3.05, 3.63) is 52.3 Å². The van der Waals surface area contributed by atoms with Crippen LogP contribution < -0.4 is 10.6 Å². The van der Waals surface area contributed by atoms with Gasteiger partial charge in [-0.15, -0.1) is 12.4 Å². The van der Waals surface area contributed by atoms with Crippen LogP contribution in [-0.2, 0) is 25.2 Å². The zero-order valence-corrected chi connectivity index (χ0v) is 16.4. The molecule has 5 nitrogen and oxygen atoms in total. The third-order valence-electron chi connectivity index (χ3n) is 4.96. The van der Waals surface area contributed by atoms with E-state index >= 15 is 0 Å². The number of hydrogen-bond donors (Lipinski definition) is 2. The molecule has 2 heterocycles. The highest BCUT2D eigenvalue weighted by Gasteiger charge is 2.32. The molecule has 0 saturated heterocycles. The van der Waals surface area contributed by atoms with Crippen molar-refractivity contribution in [3.8, 4) is 0 Å². The lowest BCUT2D eigenvalue weighted by molar-refractivity contribution is 0.0944. The van der Waals surface area contributed by atoms with Gasteiger partial charge >= 0.3 is 0 Å². The molecular weight excluding hydrogens is 348 g/mol. The van der Waals surface area contributed by atoms with Crippen LogP contribution in [0.15, 0.2) is 24.3 Å². The second kappa shape index (κ2) is 7.05. The molecule has 0 radical (unpaired) electrons. The number of rotatable bonds is 4. The zero-order valence-electron chi connectivity index (χ0n) is 15.6. The summed E-state index contributed by atoms with van der Waals surface area (Å²) >= 11 is 0. The number of amides is 1. The van der Waals surface area contributed by atoms with E-state index in [1.807, 2.05) is 10.7 Å². The Hall–Kier alpha value is -1.85. The zero-order chi connectivity index (χ0) is 17.6. The lowest BCUT2D eigenvalue weighted by Gasteiger charge is -2.22. The highest BCUT2D eigenvalue weighted by Crippen LogP contribution is 2.41. The fourth-order valence-electron chi connectivity index (χ4n) is 3.44. The van der Waals surface area contributed by atoms with Crippen LogP contribution in [0.2, 0.25) is 0 Å². The van der Waals surface area contributed by atoms with Crippen LogP contribution >= 0.6 is 12.4 Å². The van der Waals surface area contributed by atoms with Crippen LogP contribution in [0.3, 0.4) is 0 Å². The lowest BCUT2D eigenvalue weighted by atomic mass is 10.1. The van der Waals surface area contributed by atoms with Gasteiger partial charge in [0.25, 0.3) is 5.91 Å². The molecule has 0 bridgehead atoms. The van der Waals surface area contributed by atoms with Crippen LogP contribution in [0, 0.1) is 0 Å². The fourth-order valence-corrected chi connectivity index (χ4v) is 3.44. The fraction of sp³-hybridized carbons (Fsp3) is 0.500. The van der Waals surface area contributed by atoms with E-state index in [0.29, 0.717) is 18.2 Å². The molecule has 0 unspecified atom stereocenters. The lowest BCUT2D eigenvalue weighted by Crippen LogP contribution is -2.27. The van der Waals surface area contributed by atoms with Gasteiger partial charge in [-0.05, 0) is 56.4 Å². The molecular formula is C20H27ClN4O. The Kier molecular flexibility index (Phi) is 5.13. The quantitative estimate of drug-likeness (QED) is 0.861. The van der Waals surface area contributed by atoms with Crippen molar-refractivity contribution in [2.24, 2.45) is 0 Å². The Bertz CT molecular complexity index is 818. The van der Waals surface area contributed by atoms with Gasteiger partial charge in [0, 0.05) is 31.2 Å². The van der Waals surface area contributed by atoms with E-state index in [1.165, 1.54) is 29.7 Å². The molecule has 1 aromatic carbocycles. The van der Waals surface area contributed by atoms with Gasteiger partial charge in [-0.2, -0.15) is 5.10 Å². The maximum atomic E-state index is 12.6. The predicted octanol–water partition coefficient (Wildman–Crippen LogP) is 3.47. The summed E-state index contributed by atoms with van der Waals surface area (Å²) in [4.78, 5) is 12.6. The van der Waals surface area contributed by atoms with Gasteiger partial charge in [-0.25, -0.2) is 0 Å². The summed E-state index contributed by atoms with van der Waals surface area (Å²) < 4.78 is 2.03. The van der Waals surface area contributed by atoms with Crippen LogP contribution in [0.5, 0.6) is 0 Å². The molecule has 6 heteroatoms. The summed E-state index contributed by atoms with van der Waals surface area (Å²) in [7, 11) is 0. The van der Waals surface area contributed by atoms with Gasteiger partial charge in [0.15, 0.2) is 0 Å². The molecule has 1 aliphatic carbocycles. The summed E-state index contributed by atoms with van der Waals surface area (Å²) in [6.45, 7) is 8.78. The van der Waals surface area contributed by atoms with E-state index in [2.05, 4.69) is 54.7 Å². The molecule has 26 heavy (non-hydrogen) atoms. The Labute approximate surface area is 161 Å². The molecule has 4 rings (SSSR count). The molecule has 0 spiro atoms. The minimum absolute atomic E-state index is 0. The van der Waals surface area contributed by atoms with E-state index in [-0.39, 0.29) is 23.9 Å². The van der Waals surface area contributed by atoms with Crippen LogP contribution in [0.1, 0.15) is 72.4 Å². The molecule has 1 saturated carbocycles. The number of nitrogens with one attached hydrogen (secondary N) is 2. The average molecular weight is 375 g/mol. The van der Waals surface area contributed by atoms with E-state index in [4.69, 9.17) is 0 Å². The first-order chi connectivity index (χ1) is 11.9. The van der Waals surface area contributed by atoms with Crippen LogP contribution in [0.4, 0.5) is 0 Å². The van der Waals surface area contributed by atoms with Gasteiger partial charge < -0.3 is 10.6 Å². The van der Waals surface area contributed by atoms with Gasteiger partial charge in [0.2, 0.25) is 0 Å². The monoisotopic (exact) mass is 374 g/mol. The predicted molar refractivity (Wildman–Crippen MR) is 105 cm³/mol. The number of benzene rings is 1. The number of halogens is 1. The third-order valence-corrected chi connectivity index (χ3v) is 4.96. The molecule has 140 valence electrons. The van der Waals surface area contributed by atoms with E-state index in [1.54, 1.807) is 0 Å². The van der Waals surface area contributed by atoms with Crippen molar-refractivity contribution >= 4 is 18.3 Å². The summed E-state index contributed by atoms with van der Waals surface area (Å²) in [6, 6.07) is 8.40. The number of hydrogen-bond acceptors (Lipinski definition) is 3. The first-order valence-electron chi connectivity index (χ1n) is 9.12. The molecule has 1 amide bonds. The van der Waals surface area contributed by atoms with Gasteiger partial charge in [-0.1, -0.05) is 18.2 Å². The van der Waals surface area contributed by atoms with Crippen molar-refractivity contribution in [2.45, 2.75) is 64.7 Å². The standard InChI is InChI=1S/C20H26N4O.ClH/c1-20(2,3)24-18(14-6-7-14)9-17(23-24)19(25)22-10-13-4-5-15-11-21-12-16(15)8-13;/h4-5,8-9,14,21H,6-7,10-12H2,1-3H3,(H,22,25);1H. The van der Waals surface area contributed by atoms with Gasteiger partial charge in [-0.3, -0.25) is 9.48 Å². The van der Waals surface area contributed by atoms with Gasteiger partial charge in [0.05, 0.1) is 5.54 Å². The maximum Gasteiger partial charge on any atom is 0.272 e. The van der Waals surface area contributed by atoms with Crippen LogP contribution in [0.25, 0.3) is 0 Å². The Morgan fingerprint density at radius 1 is 1.23 bits per heavy atom. The third kappa shape index (κ3) is 3.79. The molecule has 2 N–H and O–H groups in total. The summed E-state index contributed by atoms with van der Waals surface area (Å²) in [5.41, 5.74) is 5.44. The second-order valence-corrected chi connectivity index (χ2v) is 8.20. The Morgan fingerprint density at radius 2 is 1.96 bits per heavy atom. The summed E-state index contributed by atoms with van der Waals surface area (Å²) in [5, 5.41) is 11.0. The number of fused-ring (bicyclic) bond motifs is 1. The number of aromatic nitrogens is 2. The minimum Gasteiger partial charge on any atom is -0.347 e. The topological polar surface area (TPSA) is 59.0 Å². The van der Waals surface area contributed by atoms with Gasteiger partial charge in [0.1, 0.15) is 5.69 Å². The van der Waals surface area contributed by atoms with E-state index in [0.717, 1.165) is 18.7 Å². The van der Waals surface area contributed by atoms with Crippen molar-refractivity contribution < 1.29 is 4.79 Å². The van der Waals surface area contributed by atoms with Crippen molar-refractivity contribution in [1.82, 2.24) is 20.4 Å². The Balaban J connectivity index is 0.00000196. The number of carbonyl (C=O) groups is 1. The van der Waals surface area contributed by atoms with Crippen molar-refractivity contribution in [3.63, 3.8) is 0 Å². The first-order valence-corrected chi connectivity index (χ1v) is 9.12. The van der Waals surface area contributed by atoms with Crippen molar-refractivity contribution in [1.29, 1.82) is 0 Å². The molecule has 2 aromatic rings. The largest absolute Gasteiger partial charge is 0.347 e. The minimum atomic E-state index is -0.108. The highest BCUT2D eigenvalue weighted by atomic mass is 35.5. The van der Waals surface area contributed by atoms with E-state index < -0.39 is 0 Å². The average Bonchev–Trinajstić information content (AvgIpc) is 3.13.